The van der Waals surface area contributed by atoms with E-state index in [0.29, 0.717) is 0 Å². The lowest BCUT2D eigenvalue weighted by Crippen LogP contribution is -3.00. The molecular weight excluding hydrogens is 212 g/mol. The fourth-order valence-corrected chi connectivity index (χ4v) is 1.64. The second-order valence-electron chi connectivity index (χ2n) is 5.06. The molecule has 0 fully saturated rings. The topological polar surface area (TPSA) is 29.1 Å². The second-order valence-corrected chi connectivity index (χ2v) is 5.06. The summed E-state index contributed by atoms with van der Waals surface area (Å²) in [5.74, 6) is -0.0946. The molecule has 1 amide bonds. The molecule has 0 aromatic carbocycles. The second kappa shape index (κ2) is 6.13. The van der Waals surface area contributed by atoms with Crippen LogP contribution in [0.5, 0.6) is 0 Å². The molecule has 15 heavy (non-hydrogen) atoms. The highest BCUT2D eigenvalue weighted by Crippen LogP contribution is 2.13. The molecule has 4 heteroatoms. The Kier molecular flexibility index (Phi) is 6.90. The number of amides is 1. The predicted molar refractivity (Wildman–Crippen MR) is 59.9 cm³/mol. The Morgan fingerprint density at radius 1 is 1.47 bits per heavy atom. The van der Waals surface area contributed by atoms with Gasteiger partial charge in [0, 0.05) is 0 Å². The molecule has 0 aromatic heterocycles. The van der Waals surface area contributed by atoms with Gasteiger partial charge in [0.15, 0.2) is 0 Å². The van der Waals surface area contributed by atoms with Crippen LogP contribution in [0.2, 0.25) is 0 Å². The third-order valence-corrected chi connectivity index (χ3v) is 2.21. The summed E-state index contributed by atoms with van der Waals surface area (Å²) in [5.41, 5.74) is -0.149. The van der Waals surface area contributed by atoms with Gasteiger partial charge in [0.2, 0.25) is 5.91 Å². The highest BCUT2D eigenvalue weighted by atomic mass is 35.5. The molecule has 0 saturated heterocycles. The minimum absolute atomic E-state index is 0. The highest BCUT2D eigenvalue weighted by molar-refractivity contribution is 5.87. The molecule has 1 unspecified atom stereocenters. The Bertz CT molecular complexity index is 223. The number of halogens is 1. The third-order valence-electron chi connectivity index (χ3n) is 2.21. The molecule has 0 aliphatic carbocycles. The average Bonchev–Trinajstić information content (AvgIpc) is 2.00. The summed E-state index contributed by atoms with van der Waals surface area (Å²) in [5, 5.41) is 2.98. The lowest BCUT2D eigenvalue weighted by Gasteiger charge is -2.36. The number of quaternary nitrogens is 1. The molecule has 0 rings (SSSR count). The Morgan fingerprint density at radius 3 is 2.20 bits per heavy atom. The van der Waals surface area contributed by atoms with Crippen molar-refractivity contribution in [3.63, 3.8) is 0 Å². The molecule has 0 saturated carbocycles. The van der Waals surface area contributed by atoms with Gasteiger partial charge in [0.25, 0.3) is 0 Å². The van der Waals surface area contributed by atoms with Crippen molar-refractivity contribution in [3.05, 3.63) is 12.7 Å². The molecule has 0 aromatic rings. The van der Waals surface area contributed by atoms with Crippen LogP contribution in [0.3, 0.4) is 0 Å². The molecule has 0 aliphatic heterocycles. The SMILES string of the molecule is C=CC(=O)NC(C)(CC)C[N+](C)(C)C.[Cl-]. The Balaban J connectivity index is 0. The summed E-state index contributed by atoms with van der Waals surface area (Å²) in [7, 11) is 6.36. The highest BCUT2D eigenvalue weighted by Gasteiger charge is 2.29. The van der Waals surface area contributed by atoms with E-state index in [9.17, 15) is 4.79 Å². The molecule has 0 bridgehead atoms. The number of nitrogens with zero attached hydrogens (tertiary/aromatic N) is 1. The Morgan fingerprint density at radius 2 is 1.93 bits per heavy atom. The number of nitrogens with one attached hydrogen (secondary N) is 1. The van der Waals surface area contributed by atoms with Crippen LogP contribution in [0.25, 0.3) is 0 Å². The van der Waals surface area contributed by atoms with Crippen LogP contribution in [0, 0.1) is 0 Å². The third kappa shape index (κ3) is 7.40. The van der Waals surface area contributed by atoms with Gasteiger partial charge in [-0.3, -0.25) is 4.79 Å². The monoisotopic (exact) mass is 234 g/mol. The van der Waals surface area contributed by atoms with Crippen LogP contribution >= 0.6 is 0 Å². The van der Waals surface area contributed by atoms with Crippen molar-refractivity contribution in [2.45, 2.75) is 25.8 Å². The lowest BCUT2D eigenvalue weighted by molar-refractivity contribution is -0.874. The molecule has 0 radical (unpaired) electrons. The molecule has 0 aliphatic rings. The van der Waals surface area contributed by atoms with E-state index in [4.69, 9.17) is 0 Å². The normalized spacial score (nSPS) is 14.7. The first-order valence-corrected chi connectivity index (χ1v) is 4.97. The van der Waals surface area contributed by atoms with Crippen molar-refractivity contribution in [1.82, 2.24) is 5.32 Å². The van der Waals surface area contributed by atoms with Crippen LogP contribution in [-0.2, 0) is 4.79 Å². The molecule has 0 spiro atoms. The molecule has 1 N–H and O–H groups in total. The first kappa shape index (κ1) is 16.9. The summed E-state index contributed by atoms with van der Waals surface area (Å²) in [6.45, 7) is 8.51. The summed E-state index contributed by atoms with van der Waals surface area (Å²) in [6, 6.07) is 0. The van der Waals surface area contributed by atoms with Gasteiger partial charge >= 0.3 is 0 Å². The van der Waals surface area contributed by atoms with E-state index in [2.05, 4.69) is 46.9 Å². The van der Waals surface area contributed by atoms with Gasteiger partial charge in [-0.2, -0.15) is 0 Å². The number of rotatable bonds is 5. The van der Waals surface area contributed by atoms with Crippen LogP contribution in [0.15, 0.2) is 12.7 Å². The molecular formula is C11H23ClN2O. The number of hydrogen-bond acceptors (Lipinski definition) is 1. The standard InChI is InChI=1S/C11H22N2O.ClH/c1-7-10(14)12-11(3,8-2)9-13(4,5)6;/h7H,1,8-9H2,2-6H3;1H. The van der Waals surface area contributed by atoms with Gasteiger partial charge in [-0.05, 0) is 19.4 Å². The van der Waals surface area contributed by atoms with Crippen LogP contribution in [-0.4, -0.2) is 43.6 Å². The number of likely N-dealkylation sites (N-methyl/N-ethyl adjacent to an activating group) is 1. The van der Waals surface area contributed by atoms with Gasteiger partial charge in [-0.1, -0.05) is 13.5 Å². The maximum atomic E-state index is 11.2. The maximum Gasteiger partial charge on any atom is 0.244 e. The van der Waals surface area contributed by atoms with Crippen molar-refractivity contribution < 1.29 is 21.7 Å². The van der Waals surface area contributed by atoms with E-state index in [-0.39, 0.29) is 23.9 Å². The summed E-state index contributed by atoms with van der Waals surface area (Å²) in [6.07, 6.45) is 2.24. The Hall–Kier alpha value is -0.540. The van der Waals surface area contributed by atoms with E-state index in [1.165, 1.54) is 6.08 Å². The zero-order valence-electron chi connectivity index (χ0n) is 10.4. The van der Waals surface area contributed by atoms with E-state index in [1.807, 2.05) is 0 Å². The van der Waals surface area contributed by atoms with Crippen LogP contribution < -0.4 is 17.7 Å². The van der Waals surface area contributed by atoms with Gasteiger partial charge in [-0.15, -0.1) is 0 Å². The lowest BCUT2D eigenvalue weighted by atomic mass is 9.97. The predicted octanol–water partition coefficient (Wildman–Crippen LogP) is -1.83. The van der Waals surface area contributed by atoms with Gasteiger partial charge in [0.05, 0.1) is 26.7 Å². The molecule has 0 heterocycles. The van der Waals surface area contributed by atoms with Crippen molar-refractivity contribution in [2.24, 2.45) is 0 Å². The smallest absolute Gasteiger partial charge is 0.244 e. The number of carbonyl (C=O) groups is 1. The number of hydrogen-bond donors (Lipinski definition) is 1. The maximum absolute atomic E-state index is 11.2. The zero-order valence-corrected chi connectivity index (χ0v) is 11.2. The molecule has 90 valence electrons. The summed E-state index contributed by atoms with van der Waals surface area (Å²) < 4.78 is 0.835. The zero-order chi connectivity index (χ0) is 11.4. The first-order chi connectivity index (χ1) is 6.22. The van der Waals surface area contributed by atoms with Gasteiger partial charge in [0.1, 0.15) is 6.54 Å². The summed E-state index contributed by atoms with van der Waals surface area (Å²) in [4.78, 5) is 11.2. The van der Waals surface area contributed by atoms with E-state index in [1.54, 1.807) is 0 Å². The quantitative estimate of drug-likeness (QED) is 0.440. The van der Waals surface area contributed by atoms with Crippen molar-refractivity contribution in [2.75, 3.05) is 27.7 Å². The van der Waals surface area contributed by atoms with E-state index in [0.717, 1.165) is 17.4 Å². The minimum Gasteiger partial charge on any atom is -1.00 e. The fraction of sp³-hybridized carbons (Fsp3) is 0.727. The van der Waals surface area contributed by atoms with Crippen LogP contribution in [0.1, 0.15) is 20.3 Å². The number of carbonyl (C=O) groups excluding carboxylic acids is 1. The average molecular weight is 235 g/mol. The van der Waals surface area contributed by atoms with Crippen molar-refractivity contribution >= 4 is 5.91 Å². The van der Waals surface area contributed by atoms with Crippen LogP contribution in [0.4, 0.5) is 0 Å². The van der Waals surface area contributed by atoms with Crippen molar-refractivity contribution in [1.29, 1.82) is 0 Å². The molecule has 3 nitrogen and oxygen atoms in total. The Labute approximate surface area is 99.5 Å². The minimum atomic E-state index is -0.149. The fourth-order valence-electron chi connectivity index (χ4n) is 1.64. The van der Waals surface area contributed by atoms with E-state index >= 15 is 0 Å². The molecule has 1 atom stereocenters. The largest absolute Gasteiger partial charge is 1.00 e. The first-order valence-electron chi connectivity index (χ1n) is 4.97. The summed E-state index contributed by atoms with van der Waals surface area (Å²) >= 11 is 0. The van der Waals surface area contributed by atoms with E-state index < -0.39 is 0 Å². The van der Waals surface area contributed by atoms with Gasteiger partial charge < -0.3 is 22.2 Å². The van der Waals surface area contributed by atoms with Gasteiger partial charge in [-0.25, -0.2) is 0 Å². The van der Waals surface area contributed by atoms with Crippen molar-refractivity contribution in [3.8, 4) is 0 Å².